The zero-order valence-corrected chi connectivity index (χ0v) is 16.3. The standard InChI is InChI=1S/C19H22FN3O4S/c1-27-16-6-4-5-15(13-16)21-19(24)14-22-9-11-23(12-10-22)28(25,26)18-8-3-2-7-17(18)20/h2-8,13H,9-12,14H2,1H3,(H,21,24)/p+1. The second-order valence-corrected chi connectivity index (χ2v) is 8.45. The molecule has 1 saturated heterocycles. The van der Waals surface area contributed by atoms with Gasteiger partial charge in [-0.15, -0.1) is 0 Å². The molecule has 1 heterocycles. The maximum atomic E-state index is 13.9. The van der Waals surface area contributed by atoms with Gasteiger partial charge in [0, 0.05) is 11.8 Å². The number of halogens is 1. The van der Waals surface area contributed by atoms with E-state index in [1.165, 1.54) is 22.5 Å². The number of methoxy groups -OCH3 is 1. The van der Waals surface area contributed by atoms with Gasteiger partial charge in [0.15, 0.2) is 6.54 Å². The highest BCUT2D eigenvalue weighted by Gasteiger charge is 2.32. The predicted octanol–water partition coefficient (Wildman–Crippen LogP) is 0.362. The number of piperazine rings is 1. The van der Waals surface area contributed by atoms with E-state index in [2.05, 4.69) is 5.32 Å². The van der Waals surface area contributed by atoms with Crippen LogP contribution in [0.2, 0.25) is 0 Å². The minimum atomic E-state index is -3.87. The smallest absolute Gasteiger partial charge is 0.279 e. The average molecular weight is 408 g/mol. The van der Waals surface area contributed by atoms with Gasteiger partial charge in [0.05, 0.1) is 33.3 Å². The number of benzene rings is 2. The van der Waals surface area contributed by atoms with Crippen LogP contribution >= 0.6 is 0 Å². The monoisotopic (exact) mass is 408 g/mol. The number of anilines is 1. The first-order valence-corrected chi connectivity index (χ1v) is 10.4. The SMILES string of the molecule is COc1cccc(NC(=O)C[NH+]2CCN(S(=O)(=O)c3ccccc3F)CC2)c1. The zero-order valence-electron chi connectivity index (χ0n) is 15.5. The van der Waals surface area contributed by atoms with Gasteiger partial charge in [-0.3, -0.25) is 4.79 Å². The van der Waals surface area contributed by atoms with Gasteiger partial charge >= 0.3 is 0 Å². The second kappa shape index (κ2) is 8.68. The summed E-state index contributed by atoms with van der Waals surface area (Å²) in [5.74, 6) is -0.263. The highest BCUT2D eigenvalue weighted by molar-refractivity contribution is 7.89. The molecule has 150 valence electrons. The number of quaternary nitrogens is 1. The molecular formula is C19H23FN3O4S+. The molecule has 1 aliphatic rings. The molecule has 1 fully saturated rings. The molecule has 3 rings (SSSR count). The van der Waals surface area contributed by atoms with Gasteiger partial charge in [0.2, 0.25) is 10.0 Å². The Morgan fingerprint density at radius 2 is 1.89 bits per heavy atom. The Balaban J connectivity index is 1.55. The lowest BCUT2D eigenvalue weighted by atomic mass is 10.3. The molecule has 1 amide bonds. The maximum absolute atomic E-state index is 13.9. The number of hydrogen-bond acceptors (Lipinski definition) is 4. The molecule has 1 aliphatic heterocycles. The van der Waals surface area contributed by atoms with Gasteiger partial charge in [-0.1, -0.05) is 18.2 Å². The van der Waals surface area contributed by atoms with E-state index in [0.29, 0.717) is 24.5 Å². The number of carbonyl (C=O) groups is 1. The minimum absolute atomic E-state index is 0.159. The molecule has 0 atom stereocenters. The third kappa shape index (κ3) is 4.67. The van der Waals surface area contributed by atoms with E-state index in [0.717, 1.165) is 11.0 Å². The van der Waals surface area contributed by atoms with E-state index in [-0.39, 0.29) is 30.4 Å². The Labute approximate surface area is 163 Å². The quantitative estimate of drug-likeness (QED) is 0.724. The van der Waals surface area contributed by atoms with Gasteiger partial charge in [0.25, 0.3) is 5.91 Å². The number of carbonyl (C=O) groups excluding carboxylic acids is 1. The van der Waals surface area contributed by atoms with Crippen LogP contribution in [0.4, 0.5) is 10.1 Å². The molecule has 0 aliphatic carbocycles. The van der Waals surface area contributed by atoms with E-state index in [9.17, 15) is 17.6 Å². The fraction of sp³-hybridized carbons (Fsp3) is 0.316. The van der Waals surface area contributed by atoms with Crippen LogP contribution in [-0.4, -0.2) is 58.5 Å². The summed E-state index contributed by atoms with van der Waals surface area (Å²) in [4.78, 5) is 12.9. The molecule has 2 aromatic carbocycles. The van der Waals surface area contributed by atoms with Gasteiger partial charge in [-0.2, -0.15) is 4.31 Å². The van der Waals surface area contributed by atoms with E-state index >= 15 is 0 Å². The van der Waals surface area contributed by atoms with Crippen LogP contribution < -0.4 is 15.0 Å². The summed E-state index contributed by atoms with van der Waals surface area (Å²) in [6.45, 7) is 1.64. The number of sulfonamides is 1. The molecule has 0 unspecified atom stereocenters. The van der Waals surface area contributed by atoms with E-state index in [1.54, 1.807) is 31.4 Å². The highest BCUT2D eigenvalue weighted by Crippen LogP contribution is 2.19. The first-order chi connectivity index (χ1) is 13.4. The van der Waals surface area contributed by atoms with Gasteiger partial charge < -0.3 is 15.0 Å². The average Bonchev–Trinajstić information content (AvgIpc) is 2.68. The Morgan fingerprint density at radius 1 is 1.18 bits per heavy atom. The molecule has 0 radical (unpaired) electrons. The lowest BCUT2D eigenvalue weighted by Gasteiger charge is -2.31. The van der Waals surface area contributed by atoms with Crippen molar-refractivity contribution in [3.05, 3.63) is 54.3 Å². The number of nitrogens with one attached hydrogen (secondary N) is 2. The molecule has 0 saturated carbocycles. The third-order valence-electron chi connectivity index (χ3n) is 4.65. The van der Waals surface area contributed by atoms with Crippen LogP contribution in [0.3, 0.4) is 0 Å². The molecule has 0 bridgehead atoms. The molecule has 0 aromatic heterocycles. The molecule has 9 heteroatoms. The van der Waals surface area contributed by atoms with Gasteiger partial charge in [-0.05, 0) is 24.3 Å². The van der Waals surface area contributed by atoms with Crippen molar-refractivity contribution in [2.45, 2.75) is 4.90 Å². The van der Waals surface area contributed by atoms with Crippen molar-refractivity contribution >= 4 is 21.6 Å². The number of rotatable bonds is 6. The number of hydrogen-bond donors (Lipinski definition) is 2. The van der Waals surface area contributed by atoms with Gasteiger partial charge in [-0.25, -0.2) is 12.8 Å². The number of nitrogens with zero attached hydrogens (tertiary/aromatic N) is 1. The Kier molecular flexibility index (Phi) is 6.28. The van der Waals surface area contributed by atoms with E-state index < -0.39 is 15.8 Å². The summed E-state index contributed by atoms with van der Waals surface area (Å²) < 4.78 is 45.5. The van der Waals surface area contributed by atoms with Crippen molar-refractivity contribution in [3.8, 4) is 5.75 Å². The molecule has 7 nitrogen and oxygen atoms in total. The first kappa shape index (κ1) is 20.2. The van der Waals surface area contributed by atoms with Gasteiger partial charge in [0.1, 0.15) is 16.5 Å². The Morgan fingerprint density at radius 3 is 2.57 bits per heavy atom. The summed E-state index contributed by atoms with van der Waals surface area (Å²) >= 11 is 0. The normalized spacial score (nSPS) is 15.9. The third-order valence-corrected chi connectivity index (χ3v) is 6.58. The van der Waals surface area contributed by atoms with Crippen molar-refractivity contribution in [1.29, 1.82) is 0 Å². The van der Waals surface area contributed by atoms with Crippen molar-refractivity contribution in [2.24, 2.45) is 0 Å². The predicted molar refractivity (Wildman–Crippen MR) is 102 cm³/mol. The lowest BCUT2D eigenvalue weighted by Crippen LogP contribution is -3.15. The van der Waals surface area contributed by atoms with Crippen LogP contribution in [0, 0.1) is 5.82 Å². The molecule has 2 aromatic rings. The minimum Gasteiger partial charge on any atom is -0.497 e. The Hall–Kier alpha value is -2.49. The van der Waals surface area contributed by atoms with Crippen molar-refractivity contribution in [3.63, 3.8) is 0 Å². The second-order valence-electron chi connectivity index (χ2n) is 6.54. The summed E-state index contributed by atoms with van der Waals surface area (Å²) in [5.41, 5.74) is 0.643. The molecular weight excluding hydrogens is 385 g/mol. The largest absolute Gasteiger partial charge is 0.497 e. The van der Waals surface area contributed by atoms with Crippen LogP contribution in [0.25, 0.3) is 0 Å². The van der Waals surface area contributed by atoms with Crippen molar-refractivity contribution < 1.29 is 27.2 Å². The van der Waals surface area contributed by atoms with Crippen LogP contribution in [0.1, 0.15) is 0 Å². The van der Waals surface area contributed by atoms with E-state index in [1.807, 2.05) is 0 Å². The van der Waals surface area contributed by atoms with Crippen molar-refractivity contribution in [1.82, 2.24) is 4.31 Å². The molecule has 2 N–H and O–H groups in total. The maximum Gasteiger partial charge on any atom is 0.279 e. The van der Waals surface area contributed by atoms with Crippen LogP contribution in [0.15, 0.2) is 53.4 Å². The van der Waals surface area contributed by atoms with E-state index in [4.69, 9.17) is 4.74 Å². The summed E-state index contributed by atoms with van der Waals surface area (Å²) in [7, 11) is -2.31. The summed E-state index contributed by atoms with van der Waals surface area (Å²) in [6.07, 6.45) is 0. The lowest BCUT2D eigenvalue weighted by molar-refractivity contribution is -0.895. The topological polar surface area (TPSA) is 80.2 Å². The number of amides is 1. The molecule has 28 heavy (non-hydrogen) atoms. The fourth-order valence-corrected chi connectivity index (χ4v) is 4.65. The number of ether oxygens (including phenoxy) is 1. The van der Waals surface area contributed by atoms with Crippen LogP contribution in [-0.2, 0) is 14.8 Å². The summed E-state index contributed by atoms with van der Waals surface area (Å²) in [6, 6.07) is 12.4. The van der Waals surface area contributed by atoms with Crippen LogP contribution in [0.5, 0.6) is 5.75 Å². The molecule has 0 spiro atoms. The first-order valence-electron chi connectivity index (χ1n) is 8.92. The zero-order chi connectivity index (χ0) is 20.1. The summed E-state index contributed by atoms with van der Waals surface area (Å²) in [5, 5.41) is 2.82. The fourth-order valence-electron chi connectivity index (χ4n) is 3.15. The highest BCUT2D eigenvalue weighted by atomic mass is 32.2. The van der Waals surface area contributed by atoms with Crippen molar-refractivity contribution in [2.75, 3.05) is 45.2 Å². The Bertz CT molecular complexity index is 944.